The molecule has 0 saturated carbocycles. The number of amides is 2. The number of fused-ring (bicyclic) bond motifs is 1. The van der Waals surface area contributed by atoms with E-state index in [0.29, 0.717) is 5.02 Å². The fourth-order valence-electron chi connectivity index (χ4n) is 3.43. The van der Waals surface area contributed by atoms with Crippen LogP contribution in [0.25, 0.3) is 0 Å². The minimum atomic E-state index is -0.163. The summed E-state index contributed by atoms with van der Waals surface area (Å²) in [6, 6.07) is 15.3. The molecular formula is C18H18ClN3O2. The van der Waals surface area contributed by atoms with Gasteiger partial charge in [0.25, 0.3) is 0 Å². The Kier molecular flexibility index (Phi) is 3.82. The topological polar surface area (TPSA) is 36.0 Å². The number of carbonyl (C=O) groups excluding carboxylic acids is 1. The van der Waals surface area contributed by atoms with Gasteiger partial charge in [-0.1, -0.05) is 29.8 Å². The first-order chi connectivity index (χ1) is 11.7. The van der Waals surface area contributed by atoms with Crippen molar-refractivity contribution in [2.24, 2.45) is 0 Å². The molecule has 5 nitrogen and oxygen atoms in total. The number of hydrogen-bond donors (Lipinski definition) is 0. The van der Waals surface area contributed by atoms with Crippen molar-refractivity contribution in [3.8, 4) is 5.75 Å². The molecule has 2 saturated heterocycles. The largest absolute Gasteiger partial charge is 0.497 e. The highest BCUT2D eigenvalue weighted by Crippen LogP contribution is 2.41. The number of nitrogens with zero attached hydrogens (tertiary/aromatic N) is 3. The second-order valence-electron chi connectivity index (χ2n) is 5.92. The second kappa shape index (κ2) is 6.00. The van der Waals surface area contributed by atoms with Crippen LogP contribution in [0.2, 0.25) is 5.02 Å². The minimum absolute atomic E-state index is 0.00409. The van der Waals surface area contributed by atoms with Gasteiger partial charge in [0.15, 0.2) is 0 Å². The lowest BCUT2D eigenvalue weighted by Gasteiger charge is -2.28. The third-order valence-corrected chi connectivity index (χ3v) is 4.76. The summed E-state index contributed by atoms with van der Waals surface area (Å²) in [7, 11) is 1.65. The molecule has 2 aromatic rings. The highest BCUT2D eigenvalue weighted by atomic mass is 35.5. The van der Waals surface area contributed by atoms with Crippen LogP contribution >= 0.6 is 11.6 Å². The molecule has 2 aliphatic rings. The molecule has 0 bridgehead atoms. The monoisotopic (exact) mass is 343 g/mol. The van der Waals surface area contributed by atoms with E-state index < -0.39 is 0 Å². The second-order valence-corrected chi connectivity index (χ2v) is 6.36. The number of benzene rings is 2. The average molecular weight is 344 g/mol. The van der Waals surface area contributed by atoms with Gasteiger partial charge in [0.2, 0.25) is 0 Å². The third kappa shape index (κ3) is 2.41. The molecule has 4 rings (SSSR count). The van der Waals surface area contributed by atoms with E-state index in [1.807, 2.05) is 58.4 Å². The number of methoxy groups -OCH3 is 1. The summed E-state index contributed by atoms with van der Waals surface area (Å²) >= 11 is 6.14. The Bertz CT molecular complexity index is 765. The van der Waals surface area contributed by atoms with E-state index >= 15 is 0 Å². The zero-order valence-electron chi connectivity index (χ0n) is 13.4. The van der Waals surface area contributed by atoms with E-state index in [1.165, 1.54) is 0 Å². The van der Waals surface area contributed by atoms with Crippen molar-refractivity contribution in [1.29, 1.82) is 0 Å². The standard InChI is InChI=1S/C18H18ClN3O2/c1-24-16-8-6-13(7-9-16)17-20-10-3-11-21(20)18(23)22(17)15-5-2-4-14(19)12-15/h2,4-9,12,17H,3,10-11H2,1H3/t17-/m1/s1. The molecule has 1 atom stereocenters. The van der Waals surface area contributed by atoms with Crippen molar-refractivity contribution in [3.05, 3.63) is 59.1 Å². The van der Waals surface area contributed by atoms with E-state index in [9.17, 15) is 4.79 Å². The molecule has 0 aliphatic carbocycles. The van der Waals surface area contributed by atoms with E-state index in [2.05, 4.69) is 5.01 Å². The van der Waals surface area contributed by atoms with E-state index in [4.69, 9.17) is 16.3 Å². The van der Waals surface area contributed by atoms with Gasteiger partial charge >= 0.3 is 6.03 Å². The van der Waals surface area contributed by atoms with Gasteiger partial charge in [-0.25, -0.2) is 4.79 Å². The summed E-state index contributed by atoms with van der Waals surface area (Å²) in [5, 5.41) is 4.58. The number of anilines is 1. The minimum Gasteiger partial charge on any atom is -0.497 e. The molecule has 2 aliphatic heterocycles. The maximum Gasteiger partial charge on any atom is 0.340 e. The van der Waals surface area contributed by atoms with Crippen LogP contribution < -0.4 is 9.64 Å². The highest BCUT2D eigenvalue weighted by Gasteiger charge is 2.47. The lowest BCUT2D eigenvalue weighted by molar-refractivity contribution is 0.0727. The number of rotatable bonds is 3. The van der Waals surface area contributed by atoms with Crippen LogP contribution in [0.4, 0.5) is 10.5 Å². The van der Waals surface area contributed by atoms with Gasteiger partial charge in [-0.2, -0.15) is 5.01 Å². The van der Waals surface area contributed by atoms with Gasteiger partial charge in [0, 0.05) is 23.8 Å². The molecule has 0 aromatic heterocycles. The SMILES string of the molecule is COc1ccc([C@H]2N(c3cccc(Cl)c3)C(=O)N3CCCN23)cc1. The van der Waals surface area contributed by atoms with Crippen LogP contribution in [-0.4, -0.2) is 36.2 Å². The van der Waals surface area contributed by atoms with Crippen LogP contribution in [0.15, 0.2) is 48.5 Å². The molecule has 0 N–H and O–H groups in total. The number of ether oxygens (including phenoxy) is 1. The molecule has 2 heterocycles. The fourth-order valence-corrected chi connectivity index (χ4v) is 3.61. The van der Waals surface area contributed by atoms with Gasteiger partial charge in [-0.3, -0.25) is 9.91 Å². The first-order valence-corrected chi connectivity index (χ1v) is 8.33. The van der Waals surface area contributed by atoms with Gasteiger partial charge < -0.3 is 4.74 Å². The smallest absolute Gasteiger partial charge is 0.340 e. The summed E-state index contributed by atoms with van der Waals surface area (Å²) < 4.78 is 5.24. The molecule has 0 spiro atoms. The molecule has 0 unspecified atom stereocenters. The molecule has 124 valence electrons. The van der Waals surface area contributed by atoms with Gasteiger partial charge in [-0.15, -0.1) is 0 Å². The highest BCUT2D eigenvalue weighted by molar-refractivity contribution is 6.30. The third-order valence-electron chi connectivity index (χ3n) is 4.52. The molecule has 24 heavy (non-hydrogen) atoms. The zero-order valence-corrected chi connectivity index (χ0v) is 14.1. The Morgan fingerprint density at radius 2 is 1.92 bits per heavy atom. The maximum atomic E-state index is 12.9. The number of hydrogen-bond acceptors (Lipinski definition) is 3. The Morgan fingerprint density at radius 3 is 2.62 bits per heavy atom. The Morgan fingerprint density at radius 1 is 1.12 bits per heavy atom. The Balaban J connectivity index is 1.78. The van der Waals surface area contributed by atoms with Crippen molar-refractivity contribution in [1.82, 2.24) is 10.0 Å². The van der Waals surface area contributed by atoms with E-state index in [1.54, 1.807) is 7.11 Å². The molecule has 2 aromatic carbocycles. The average Bonchev–Trinajstić information content (AvgIpc) is 3.17. The molecular weight excluding hydrogens is 326 g/mol. The number of urea groups is 1. The quantitative estimate of drug-likeness (QED) is 0.847. The van der Waals surface area contributed by atoms with Crippen molar-refractivity contribution in [2.75, 3.05) is 25.1 Å². The number of carbonyl (C=O) groups is 1. The van der Waals surface area contributed by atoms with Crippen molar-refractivity contribution in [2.45, 2.75) is 12.6 Å². The maximum absolute atomic E-state index is 12.9. The fraction of sp³-hybridized carbons (Fsp3) is 0.278. The summed E-state index contributed by atoms with van der Waals surface area (Å²) in [6.45, 7) is 1.61. The Labute approximate surface area is 145 Å². The van der Waals surface area contributed by atoms with Crippen LogP contribution in [0.3, 0.4) is 0 Å². The van der Waals surface area contributed by atoms with Crippen LogP contribution in [-0.2, 0) is 0 Å². The van der Waals surface area contributed by atoms with E-state index in [-0.39, 0.29) is 12.2 Å². The number of halogens is 1. The first kappa shape index (κ1) is 15.3. The van der Waals surface area contributed by atoms with Crippen LogP contribution in [0.1, 0.15) is 18.2 Å². The summed E-state index contributed by atoms with van der Waals surface area (Å²) in [5.41, 5.74) is 1.86. The summed E-state index contributed by atoms with van der Waals surface area (Å²) in [5.74, 6) is 0.802. The lowest BCUT2D eigenvalue weighted by Crippen LogP contribution is -2.32. The first-order valence-electron chi connectivity index (χ1n) is 7.96. The van der Waals surface area contributed by atoms with Gasteiger partial charge in [0.1, 0.15) is 11.9 Å². The number of hydrazine groups is 1. The van der Waals surface area contributed by atoms with Crippen molar-refractivity contribution < 1.29 is 9.53 Å². The zero-order chi connectivity index (χ0) is 16.7. The molecule has 2 amide bonds. The predicted molar refractivity (Wildman–Crippen MR) is 93.1 cm³/mol. The van der Waals surface area contributed by atoms with Crippen LogP contribution in [0.5, 0.6) is 5.75 Å². The molecule has 6 heteroatoms. The summed E-state index contributed by atoms with van der Waals surface area (Å²) in [4.78, 5) is 14.8. The van der Waals surface area contributed by atoms with Crippen molar-refractivity contribution >= 4 is 23.3 Å². The van der Waals surface area contributed by atoms with Gasteiger partial charge in [0.05, 0.1) is 7.11 Å². The molecule has 2 fully saturated rings. The van der Waals surface area contributed by atoms with Crippen molar-refractivity contribution in [3.63, 3.8) is 0 Å². The molecule has 0 radical (unpaired) electrons. The summed E-state index contributed by atoms with van der Waals surface area (Å²) in [6.07, 6.45) is 0.825. The Hall–Kier alpha value is -2.24. The predicted octanol–water partition coefficient (Wildman–Crippen LogP) is 3.91. The van der Waals surface area contributed by atoms with Gasteiger partial charge in [-0.05, 0) is 42.3 Å². The van der Waals surface area contributed by atoms with Crippen LogP contribution in [0, 0.1) is 0 Å². The van der Waals surface area contributed by atoms with E-state index in [0.717, 1.165) is 36.5 Å². The lowest BCUT2D eigenvalue weighted by atomic mass is 10.1. The normalized spacial score (nSPS) is 20.6.